The van der Waals surface area contributed by atoms with Gasteiger partial charge in [-0.25, -0.2) is 9.97 Å². The van der Waals surface area contributed by atoms with Crippen LogP contribution in [0.15, 0.2) is 12.1 Å². The molecule has 0 spiro atoms. The van der Waals surface area contributed by atoms with Crippen LogP contribution in [0.25, 0.3) is 10.6 Å². The van der Waals surface area contributed by atoms with E-state index in [9.17, 15) is 10.1 Å². The quantitative estimate of drug-likeness (QED) is 0.651. The minimum Gasteiger partial charge on any atom is -0.368 e. The lowest BCUT2D eigenvalue weighted by atomic mass is 10.2. The van der Waals surface area contributed by atoms with Crippen molar-refractivity contribution in [1.29, 1.82) is 0 Å². The number of hydrogen-bond acceptors (Lipinski definition) is 6. The Morgan fingerprint density at radius 3 is 2.59 bits per heavy atom. The van der Waals surface area contributed by atoms with Crippen molar-refractivity contribution in [2.45, 2.75) is 13.8 Å². The first-order valence-electron chi connectivity index (χ1n) is 4.84. The Morgan fingerprint density at radius 1 is 1.35 bits per heavy atom. The van der Waals surface area contributed by atoms with Crippen molar-refractivity contribution in [2.24, 2.45) is 0 Å². The summed E-state index contributed by atoms with van der Waals surface area (Å²) in [5.41, 5.74) is 6.02. The monoisotopic (exact) mass is 250 g/mol. The number of nitro groups is 1. The van der Waals surface area contributed by atoms with E-state index in [4.69, 9.17) is 5.73 Å². The summed E-state index contributed by atoms with van der Waals surface area (Å²) in [7, 11) is 0. The van der Waals surface area contributed by atoms with Gasteiger partial charge in [0.1, 0.15) is 5.69 Å². The smallest absolute Gasteiger partial charge is 0.317 e. The van der Waals surface area contributed by atoms with Crippen LogP contribution in [-0.4, -0.2) is 14.9 Å². The molecule has 2 aromatic rings. The molecule has 0 bridgehead atoms. The summed E-state index contributed by atoms with van der Waals surface area (Å²) in [5.74, 6) is 0.0501. The van der Waals surface area contributed by atoms with E-state index in [0.29, 0.717) is 0 Å². The minimum absolute atomic E-state index is 0.0501. The lowest BCUT2D eigenvalue weighted by molar-refractivity contribution is -0.385. The van der Waals surface area contributed by atoms with Gasteiger partial charge in [0.25, 0.3) is 0 Å². The number of thiophene rings is 1. The molecule has 0 aliphatic heterocycles. The highest BCUT2D eigenvalue weighted by Crippen LogP contribution is 2.34. The maximum atomic E-state index is 11.0. The van der Waals surface area contributed by atoms with E-state index in [1.165, 1.54) is 11.3 Å². The molecule has 17 heavy (non-hydrogen) atoms. The van der Waals surface area contributed by atoms with Crippen LogP contribution in [-0.2, 0) is 0 Å². The zero-order valence-electron chi connectivity index (χ0n) is 9.30. The summed E-state index contributed by atoms with van der Waals surface area (Å²) < 4.78 is 0. The molecule has 7 heteroatoms. The van der Waals surface area contributed by atoms with Crippen LogP contribution < -0.4 is 5.73 Å². The summed E-state index contributed by atoms with van der Waals surface area (Å²) in [6, 6.07) is 3.69. The average molecular weight is 250 g/mol. The summed E-state index contributed by atoms with van der Waals surface area (Å²) in [6.45, 7) is 3.48. The van der Waals surface area contributed by atoms with Crippen molar-refractivity contribution < 1.29 is 4.92 Å². The minimum atomic E-state index is -0.473. The van der Waals surface area contributed by atoms with E-state index >= 15 is 0 Å². The molecular formula is C10H10N4O2S. The zero-order chi connectivity index (χ0) is 12.6. The molecule has 2 N–H and O–H groups in total. The van der Waals surface area contributed by atoms with Gasteiger partial charge in [-0.1, -0.05) is 0 Å². The van der Waals surface area contributed by atoms with Crippen LogP contribution in [0.5, 0.6) is 0 Å². The summed E-state index contributed by atoms with van der Waals surface area (Å²) >= 11 is 1.44. The first-order valence-corrected chi connectivity index (χ1v) is 5.66. The molecule has 0 aromatic carbocycles. The van der Waals surface area contributed by atoms with E-state index in [2.05, 4.69) is 9.97 Å². The molecular weight excluding hydrogens is 240 g/mol. The molecule has 0 unspecified atom stereocenters. The maximum absolute atomic E-state index is 11.0. The fourth-order valence-electron chi connectivity index (χ4n) is 1.54. The highest BCUT2D eigenvalue weighted by atomic mass is 32.1. The van der Waals surface area contributed by atoms with Gasteiger partial charge < -0.3 is 5.73 Å². The first-order chi connectivity index (χ1) is 7.99. The van der Waals surface area contributed by atoms with E-state index in [1.807, 2.05) is 13.0 Å². The Bertz CT molecular complexity index is 594. The Balaban J connectivity index is 2.71. The van der Waals surface area contributed by atoms with E-state index in [1.54, 1.807) is 13.0 Å². The van der Waals surface area contributed by atoms with Crippen molar-refractivity contribution in [3.05, 3.63) is 32.8 Å². The number of hydrogen-bond donors (Lipinski definition) is 1. The topological polar surface area (TPSA) is 94.9 Å². The highest BCUT2D eigenvalue weighted by molar-refractivity contribution is 7.15. The van der Waals surface area contributed by atoms with Crippen LogP contribution in [0, 0.1) is 24.0 Å². The largest absolute Gasteiger partial charge is 0.368 e. The third kappa shape index (κ3) is 2.09. The number of rotatable bonds is 2. The van der Waals surface area contributed by atoms with Gasteiger partial charge in [-0.05, 0) is 26.0 Å². The van der Waals surface area contributed by atoms with Crippen molar-refractivity contribution in [1.82, 2.24) is 9.97 Å². The Morgan fingerprint density at radius 2 is 2.06 bits per heavy atom. The predicted octanol–water partition coefficient (Wildman–Crippen LogP) is 2.31. The van der Waals surface area contributed by atoms with Crippen LogP contribution in [0.2, 0.25) is 0 Å². The first kappa shape index (κ1) is 11.5. The van der Waals surface area contributed by atoms with Gasteiger partial charge in [0.15, 0.2) is 5.69 Å². The molecule has 0 fully saturated rings. The van der Waals surface area contributed by atoms with Crippen LogP contribution in [0.3, 0.4) is 0 Å². The van der Waals surface area contributed by atoms with Crippen molar-refractivity contribution in [2.75, 3.05) is 5.73 Å². The summed E-state index contributed by atoms with van der Waals surface area (Å²) in [6.07, 6.45) is 0. The second-order valence-corrected chi connectivity index (χ2v) is 4.82. The van der Waals surface area contributed by atoms with Gasteiger partial charge in [0, 0.05) is 4.88 Å². The van der Waals surface area contributed by atoms with Gasteiger partial charge >= 0.3 is 5.69 Å². The third-order valence-electron chi connectivity index (χ3n) is 2.23. The highest BCUT2D eigenvalue weighted by Gasteiger charge is 2.23. The van der Waals surface area contributed by atoms with E-state index < -0.39 is 4.92 Å². The maximum Gasteiger partial charge on any atom is 0.317 e. The predicted molar refractivity (Wildman–Crippen MR) is 65.9 cm³/mol. The number of nitrogens with two attached hydrogens (primary N) is 1. The molecule has 0 atom stereocenters. The van der Waals surface area contributed by atoms with E-state index in [0.717, 1.165) is 9.75 Å². The molecule has 6 nitrogen and oxygen atoms in total. The molecule has 2 aromatic heterocycles. The second-order valence-electron chi connectivity index (χ2n) is 3.53. The average Bonchev–Trinajstić information content (AvgIpc) is 2.62. The lowest BCUT2D eigenvalue weighted by Crippen LogP contribution is -2.04. The van der Waals surface area contributed by atoms with Gasteiger partial charge in [-0.15, -0.1) is 11.3 Å². The number of nitrogens with zero attached hydrogens (tertiary/aromatic N) is 3. The number of aryl methyl sites for hydroxylation is 2. The van der Waals surface area contributed by atoms with Crippen molar-refractivity contribution in [3.8, 4) is 10.6 Å². The van der Waals surface area contributed by atoms with Gasteiger partial charge in [0.2, 0.25) is 5.95 Å². The van der Waals surface area contributed by atoms with Gasteiger partial charge in [0.05, 0.1) is 9.80 Å². The van der Waals surface area contributed by atoms with Crippen LogP contribution in [0.1, 0.15) is 10.6 Å². The molecule has 0 saturated heterocycles. The standard InChI is InChI=1S/C10H10N4O2S/c1-5-3-4-7(17-5)8-9(14(15)16)6(2)12-10(11)13-8/h3-4H,1-2H3,(H2,11,12,13). The summed E-state index contributed by atoms with van der Waals surface area (Å²) in [5, 5.41) is 11.0. The second kappa shape index (κ2) is 4.10. The molecule has 0 amide bonds. The molecule has 0 aliphatic carbocycles. The van der Waals surface area contributed by atoms with Crippen LogP contribution >= 0.6 is 11.3 Å². The molecule has 2 heterocycles. The fourth-order valence-corrected chi connectivity index (χ4v) is 2.40. The SMILES string of the molecule is Cc1ccc(-c2nc(N)nc(C)c2[N+](=O)[O-])s1. The number of anilines is 1. The van der Waals surface area contributed by atoms with Gasteiger partial charge in [-0.3, -0.25) is 10.1 Å². The Hall–Kier alpha value is -2.02. The molecule has 0 aliphatic rings. The number of nitrogen functional groups attached to an aromatic ring is 1. The summed E-state index contributed by atoms with van der Waals surface area (Å²) in [4.78, 5) is 20.1. The Kier molecular flexibility index (Phi) is 2.76. The zero-order valence-corrected chi connectivity index (χ0v) is 10.1. The third-order valence-corrected chi connectivity index (χ3v) is 3.24. The molecule has 2 rings (SSSR count). The number of aromatic nitrogens is 2. The van der Waals surface area contributed by atoms with Crippen molar-refractivity contribution >= 4 is 23.0 Å². The lowest BCUT2D eigenvalue weighted by Gasteiger charge is -2.03. The van der Waals surface area contributed by atoms with Gasteiger partial charge in [-0.2, -0.15) is 0 Å². The normalized spacial score (nSPS) is 10.5. The molecule has 88 valence electrons. The van der Waals surface area contributed by atoms with E-state index in [-0.39, 0.29) is 23.0 Å². The Labute approximate surface area is 101 Å². The van der Waals surface area contributed by atoms with Crippen LogP contribution in [0.4, 0.5) is 11.6 Å². The molecule has 0 radical (unpaired) electrons. The molecule has 0 saturated carbocycles. The van der Waals surface area contributed by atoms with Crippen molar-refractivity contribution in [3.63, 3.8) is 0 Å². The fraction of sp³-hybridized carbons (Fsp3) is 0.200.